The molecule has 0 aromatic heterocycles. The molecule has 3 atom stereocenters. The molecule has 0 spiro atoms. The molecule has 0 unspecified atom stereocenters. The third kappa shape index (κ3) is 10.4. The van der Waals surface area contributed by atoms with Crippen LogP contribution >= 0.6 is 0 Å². The van der Waals surface area contributed by atoms with E-state index in [1.54, 1.807) is 36.2 Å². The van der Waals surface area contributed by atoms with E-state index in [2.05, 4.69) is 32.8 Å². The Morgan fingerprint density at radius 3 is 2.24 bits per heavy atom. The van der Waals surface area contributed by atoms with Crippen LogP contribution in [0.2, 0.25) is 0 Å². The van der Waals surface area contributed by atoms with Crippen molar-refractivity contribution in [2.24, 2.45) is 5.92 Å². The Labute approximate surface area is 295 Å². The van der Waals surface area contributed by atoms with E-state index in [1.807, 2.05) is 68.4 Å². The third-order valence-electron chi connectivity index (χ3n) is 9.28. The highest BCUT2D eigenvalue weighted by Gasteiger charge is 2.32. The van der Waals surface area contributed by atoms with E-state index >= 15 is 0 Å². The maximum absolute atomic E-state index is 14.0. The molecular formula is C39H50N6O5. The quantitative estimate of drug-likeness (QED) is 0.312. The molecule has 4 amide bonds. The van der Waals surface area contributed by atoms with E-state index in [9.17, 15) is 19.2 Å². The molecule has 1 fully saturated rings. The summed E-state index contributed by atoms with van der Waals surface area (Å²) in [5.74, 6) is -0.505. The zero-order valence-electron chi connectivity index (χ0n) is 29.6. The number of hydrogen-bond donors (Lipinski definition) is 3. The van der Waals surface area contributed by atoms with Crippen molar-refractivity contribution in [3.05, 3.63) is 95.6 Å². The smallest absolute Gasteiger partial charge is 0.252 e. The number of hydrogen-bond acceptors (Lipinski definition) is 7. The Bertz CT molecular complexity index is 1610. The van der Waals surface area contributed by atoms with Gasteiger partial charge in [-0.3, -0.25) is 24.1 Å². The van der Waals surface area contributed by atoms with Gasteiger partial charge in [-0.15, -0.1) is 0 Å². The Balaban J connectivity index is 1.44. The maximum atomic E-state index is 14.0. The molecule has 6 rings (SSSR count). The van der Waals surface area contributed by atoms with Gasteiger partial charge in [0.25, 0.3) is 5.91 Å². The van der Waals surface area contributed by atoms with E-state index < -0.39 is 35.8 Å². The number of likely N-dealkylation sites (N-methyl/N-ethyl adjacent to an activating group) is 2. The zero-order chi connectivity index (χ0) is 35.6. The van der Waals surface area contributed by atoms with Crippen LogP contribution < -0.4 is 20.7 Å². The Kier molecular flexibility index (Phi) is 12.6. The van der Waals surface area contributed by atoms with Gasteiger partial charge in [0.05, 0.1) is 0 Å². The molecule has 3 aromatic rings. The van der Waals surface area contributed by atoms with Crippen LogP contribution in [0.25, 0.3) is 0 Å². The highest BCUT2D eigenvalue weighted by Crippen LogP contribution is 2.24. The zero-order valence-corrected chi connectivity index (χ0v) is 29.6. The van der Waals surface area contributed by atoms with Crippen LogP contribution in [0.4, 0.5) is 0 Å². The summed E-state index contributed by atoms with van der Waals surface area (Å²) in [6.07, 6.45) is 0.821. The molecule has 3 aromatic carbocycles. The van der Waals surface area contributed by atoms with Crippen LogP contribution in [0.15, 0.2) is 78.9 Å². The van der Waals surface area contributed by atoms with Crippen molar-refractivity contribution in [2.75, 3.05) is 53.4 Å². The number of ether oxygens (including phenoxy) is 1. The predicted octanol–water partition coefficient (Wildman–Crippen LogP) is 3.10. The number of carbonyl (C=O) groups is 4. The van der Waals surface area contributed by atoms with Crippen LogP contribution in [-0.2, 0) is 27.2 Å². The Morgan fingerprint density at radius 2 is 1.54 bits per heavy atom. The number of carbonyl (C=O) groups excluding carboxylic acids is 4. The SMILES string of the molecule is CC(C)C[C@@H]1NC(=O)[C@@H](Cc2ccccc2)NC(=O)c2cccc(c2)Oc2ccc(cc2)C[C@@H](C(=O)N(C)CCN2CCN(C)CC2)NC1=O. The van der Waals surface area contributed by atoms with Gasteiger partial charge >= 0.3 is 0 Å². The van der Waals surface area contributed by atoms with Crippen molar-refractivity contribution >= 4 is 23.6 Å². The van der Waals surface area contributed by atoms with Gasteiger partial charge in [-0.25, -0.2) is 0 Å². The average Bonchev–Trinajstić information content (AvgIpc) is 3.10. The molecule has 4 bridgehead atoms. The molecule has 3 heterocycles. The van der Waals surface area contributed by atoms with Gasteiger partial charge in [-0.1, -0.05) is 62.4 Å². The summed E-state index contributed by atoms with van der Waals surface area (Å²) >= 11 is 0. The lowest BCUT2D eigenvalue weighted by Crippen LogP contribution is -2.58. The highest BCUT2D eigenvalue weighted by molar-refractivity contribution is 5.99. The standard InChI is InChI=1S/C39H50N6O5/c1-27(2)23-33-37(47)42-35(39(49)44(4)19-22-45-20-17-43(3)18-21-45)25-29-13-15-31(16-14-29)50-32-12-8-11-30(26-32)36(46)40-34(38(48)41-33)24-28-9-6-5-7-10-28/h5-16,26-27,33-35H,17-25H2,1-4H3,(H,40,46)(H,41,48)(H,42,47)/t33-,34+,35-/m0/s1. The number of benzene rings is 3. The Hall–Kier alpha value is -4.74. The van der Waals surface area contributed by atoms with Gasteiger partial charge in [0.15, 0.2) is 0 Å². The first kappa shape index (κ1) is 36.5. The van der Waals surface area contributed by atoms with Gasteiger partial charge in [-0.05, 0) is 60.8 Å². The number of nitrogens with zero attached hydrogens (tertiary/aromatic N) is 3. The molecule has 0 radical (unpaired) electrons. The van der Waals surface area contributed by atoms with Crippen LogP contribution in [0.1, 0.15) is 41.8 Å². The second-order valence-corrected chi connectivity index (χ2v) is 13.9. The van der Waals surface area contributed by atoms with Crippen LogP contribution in [0, 0.1) is 5.92 Å². The third-order valence-corrected chi connectivity index (χ3v) is 9.28. The molecule has 11 nitrogen and oxygen atoms in total. The first-order valence-electron chi connectivity index (χ1n) is 17.5. The monoisotopic (exact) mass is 682 g/mol. The number of nitrogens with one attached hydrogen (secondary N) is 3. The van der Waals surface area contributed by atoms with Crippen molar-refractivity contribution in [1.82, 2.24) is 30.7 Å². The Morgan fingerprint density at radius 1 is 0.840 bits per heavy atom. The summed E-state index contributed by atoms with van der Waals surface area (Å²) in [4.78, 5) is 61.9. The second kappa shape index (κ2) is 17.3. The molecule has 11 heteroatoms. The average molecular weight is 683 g/mol. The summed E-state index contributed by atoms with van der Waals surface area (Å²) in [7, 11) is 3.88. The second-order valence-electron chi connectivity index (χ2n) is 13.9. The topological polar surface area (TPSA) is 123 Å². The van der Waals surface area contributed by atoms with Gasteiger partial charge in [0.1, 0.15) is 29.6 Å². The minimum Gasteiger partial charge on any atom is -0.457 e. The van der Waals surface area contributed by atoms with Crippen molar-refractivity contribution < 1.29 is 23.9 Å². The lowest BCUT2D eigenvalue weighted by atomic mass is 9.99. The predicted molar refractivity (Wildman–Crippen MR) is 193 cm³/mol. The van der Waals surface area contributed by atoms with Crippen molar-refractivity contribution in [3.8, 4) is 11.5 Å². The van der Waals surface area contributed by atoms with Crippen molar-refractivity contribution in [2.45, 2.75) is 51.2 Å². The molecule has 3 aliphatic rings. The van der Waals surface area contributed by atoms with Gasteiger partial charge in [0.2, 0.25) is 17.7 Å². The van der Waals surface area contributed by atoms with E-state index in [4.69, 9.17) is 4.74 Å². The summed E-state index contributed by atoms with van der Waals surface area (Å²) < 4.78 is 6.07. The molecule has 3 aliphatic heterocycles. The summed E-state index contributed by atoms with van der Waals surface area (Å²) in [5, 5.41) is 8.82. The summed E-state index contributed by atoms with van der Waals surface area (Å²) in [5.41, 5.74) is 2.02. The molecule has 50 heavy (non-hydrogen) atoms. The number of piperazine rings is 1. The minimum absolute atomic E-state index is 0.0572. The van der Waals surface area contributed by atoms with E-state index in [-0.39, 0.29) is 24.7 Å². The summed E-state index contributed by atoms with van der Waals surface area (Å²) in [6.45, 7) is 9.07. The fourth-order valence-corrected chi connectivity index (χ4v) is 6.25. The fourth-order valence-electron chi connectivity index (χ4n) is 6.25. The number of fused-ring (bicyclic) bond motifs is 11. The number of amides is 4. The van der Waals surface area contributed by atoms with Gasteiger partial charge in [-0.2, -0.15) is 0 Å². The minimum atomic E-state index is -0.972. The van der Waals surface area contributed by atoms with Crippen LogP contribution in [0.3, 0.4) is 0 Å². The maximum Gasteiger partial charge on any atom is 0.252 e. The normalized spacial score (nSPS) is 21.0. The van der Waals surface area contributed by atoms with E-state index in [1.165, 1.54) is 0 Å². The van der Waals surface area contributed by atoms with Crippen LogP contribution in [-0.4, -0.2) is 110 Å². The lowest BCUT2D eigenvalue weighted by Gasteiger charge is -2.34. The van der Waals surface area contributed by atoms with E-state index in [0.29, 0.717) is 30.0 Å². The molecule has 3 N–H and O–H groups in total. The number of rotatable bonds is 8. The summed E-state index contributed by atoms with van der Waals surface area (Å²) in [6, 6.07) is 20.8. The van der Waals surface area contributed by atoms with E-state index in [0.717, 1.165) is 43.9 Å². The van der Waals surface area contributed by atoms with Crippen LogP contribution in [0.5, 0.6) is 11.5 Å². The first-order chi connectivity index (χ1) is 24.0. The van der Waals surface area contributed by atoms with Gasteiger partial charge < -0.3 is 30.5 Å². The lowest BCUT2D eigenvalue weighted by molar-refractivity contribution is -0.137. The largest absolute Gasteiger partial charge is 0.457 e. The fraction of sp³-hybridized carbons (Fsp3) is 0.436. The highest BCUT2D eigenvalue weighted by atomic mass is 16.5. The molecule has 266 valence electrons. The molecule has 0 saturated carbocycles. The molecule has 1 saturated heterocycles. The molecule has 0 aliphatic carbocycles. The van der Waals surface area contributed by atoms with Gasteiger partial charge in [0, 0.05) is 64.7 Å². The van der Waals surface area contributed by atoms with Crippen molar-refractivity contribution in [1.29, 1.82) is 0 Å². The van der Waals surface area contributed by atoms with Crippen molar-refractivity contribution in [3.63, 3.8) is 0 Å². The first-order valence-corrected chi connectivity index (χ1v) is 17.5. The molecular weight excluding hydrogens is 632 g/mol.